The van der Waals surface area contributed by atoms with Crippen molar-refractivity contribution >= 4 is 5.91 Å². The van der Waals surface area contributed by atoms with Gasteiger partial charge in [-0.15, -0.1) is 0 Å². The fraction of sp³-hybridized carbons (Fsp3) is 0.154. The van der Waals surface area contributed by atoms with Gasteiger partial charge in [-0.25, -0.2) is 4.98 Å². The van der Waals surface area contributed by atoms with Gasteiger partial charge in [-0.05, 0) is 36.4 Å². The number of hydrogen-bond donors (Lipinski definition) is 0. The standard InChI is InChI=1S/C26H22N2O5/c1-30-17-9-5-7-15(13-17)22-23(16-8-6-10-18(14-16)31-2)28-25(27-22)19-11-12-20(32-3)24(33-4)21(19)26(28)29/h5-14H,1-4H3. The van der Waals surface area contributed by atoms with Crippen molar-refractivity contribution in [3.8, 4) is 56.9 Å². The summed E-state index contributed by atoms with van der Waals surface area (Å²) in [6.07, 6.45) is 0. The van der Waals surface area contributed by atoms with Crippen LogP contribution in [0.25, 0.3) is 33.9 Å². The third kappa shape index (κ3) is 3.12. The van der Waals surface area contributed by atoms with E-state index >= 15 is 0 Å². The Morgan fingerprint density at radius 2 is 1.42 bits per heavy atom. The predicted octanol–water partition coefficient (Wildman–Crippen LogP) is 4.92. The van der Waals surface area contributed by atoms with Crippen LogP contribution in [0.5, 0.6) is 23.0 Å². The second-order valence-corrected chi connectivity index (χ2v) is 7.46. The number of nitrogens with zero attached hydrogens (tertiary/aromatic N) is 2. The van der Waals surface area contributed by atoms with E-state index in [0.717, 1.165) is 11.1 Å². The second kappa shape index (κ2) is 8.02. The van der Waals surface area contributed by atoms with E-state index in [1.54, 1.807) is 32.0 Å². The number of fused-ring (bicyclic) bond motifs is 3. The maximum atomic E-state index is 13.8. The Labute approximate surface area is 191 Å². The maximum Gasteiger partial charge on any atom is 0.268 e. The molecular formula is C26H22N2O5. The number of hydrogen-bond acceptors (Lipinski definition) is 6. The van der Waals surface area contributed by atoms with Crippen LogP contribution in [0.15, 0.2) is 60.7 Å². The molecule has 0 saturated heterocycles. The topological polar surface area (TPSA) is 71.8 Å². The van der Waals surface area contributed by atoms with Crippen molar-refractivity contribution in [3.63, 3.8) is 0 Å². The molecule has 3 aromatic carbocycles. The normalized spacial score (nSPS) is 11.7. The largest absolute Gasteiger partial charge is 0.497 e. The highest BCUT2D eigenvalue weighted by Crippen LogP contribution is 2.47. The Kier molecular flexibility index (Phi) is 5.01. The van der Waals surface area contributed by atoms with Crippen molar-refractivity contribution in [1.82, 2.24) is 9.55 Å². The van der Waals surface area contributed by atoms with Gasteiger partial charge < -0.3 is 18.9 Å². The van der Waals surface area contributed by atoms with Gasteiger partial charge in [-0.3, -0.25) is 9.36 Å². The van der Waals surface area contributed by atoms with Gasteiger partial charge in [0.15, 0.2) is 11.5 Å². The number of carbonyl (C=O) groups is 1. The lowest BCUT2D eigenvalue weighted by Crippen LogP contribution is -2.10. The van der Waals surface area contributed by atoms with Crippen LogP contribution in [0.1, 0.15) is 10.4 Å². The zero-order valence-corrected chi connectivity index (χ0v) is 18.7. The second-order valence-electron chi connectivity index (χ2n) is 7.46. The van der Waals surface area contributed by atoms with E-state index in [1.165, 1.54) is 7.11 Å². The van der Waals surface area contributed by atoms with Crippen LogP contribution < -0.4 is 18.9 Å². The molecule has 0 atom stereocenters. The summed E-state index contributed by atoms with van der Waals surface area (Å²) in [6, 6.07) is 18.8. The zero-order chi connectivity index (χ0) is 23.1. The summed E-state index contributed by atoms with van der Waals surface area (Å²) >= 11 is 0. The predicted molar refractivity (Wildman–Crippen MR) is 124 cm³/mol. The minimum atomic E-state index is -0.227. The van der Waals surface area contributed by atoms with E-state index in [9.17, 15) is 4.79 Å². The van der Waals surface area contributed by atoms with E-state index in [1.807, 2.05) is 54.6 Å². The summed E-state index contributed by atoms with van der Waals surface area (Å²) in [5.74, 6) is 2.59. The number of rotatable bonds is 6. The molecule has 2 heterocycles. The number of carbonyl (C=O) groups excluding carboxylic acids is 1. The Hall–Kier alpha value is -4.26. The summed E-state index contributed by atoms with van der Waals surface area (Å²) in [5.41, 5.74) is 4.10. The number of imidazole rings is 1. The first kappa shape index (κ1) is 20.6. The minimum Gasteiger partial charge on any atom is -0.497 e. The van der Waals surface area contributed by atoms with Crippen LogP contribution in [-0.4, -0.2) is 43.9 Å². The van der Waals surface area contributed by atoms with E-state index in [0.29, 0.717) is 51.3 Å². The quantitative estimate of drug-likeness (QED) is 0.372. The molecule has 0 saturated carbocycles. The molecule has 0 spiro atoms. The first-order valence-electron chi connectivity index (χ1n) is 10.3. The summed E-state index contributed by atoms with van der Waals surface area (Å²) in [4.78, 5) is 18.7. The lowest BCUT2D eigenvalue weighted by Gasteiger charge is -2.12. The first-order chi connectivity index (χ1) is 16.1. The van der Waals surface area contributed by atoms with E-state index < -0.39 is 0 Å². The summed E-state index contributed by atoms with van der Waals surface area (Å²) in [5, 5.41) is 0. The summed E-state index contributed by atoms with van der Waals surface area (Å²) < 4.78 is 23.5. The van der Waals surface area contributed by atoms with Crippen LogP contribution in [0.3, 0.4) is 0 Å². The van der Waals surface area contributed by atoms with Crippen LogP contribution in [0.2, 0.25) is 0 Å². The van der Waals surface area contributed by atoms with Gasteiger partial charge in [0, 0.05) is 16.7 Å². The number of methoxy groups -OCH3 is 4. The molecule has 7 nitrogen and oxygen atoms in total. The molecule has 0 unspecified atom stereocenters. The monoisotopic (exact) mass is 442 g/mol. The fourth-order valence-electron chi connectivity index (χ4n) is 4.24. The van der Waals surface area contributed by atoms with Crippen molar-refractivity contribution in [2.24, 2.45) is 0 Å². The lowest BCUT2D eigenvalue weighted by atomic mass is 10.0. The molecule has 0 aliphatic carbocycles. The highest BCUT2D eigenvalue weighted by molar-refractivity contribution is 6.14. The molecule has 0 amide bonds. The smallest absolute Gasteiger partial charge is 0.268 e. The van der Waals surface area contributed by atoms with Crippen molar-refractivity contribution < 1.29 is 23.7 Å². The van der Waals surface area contributed by atoms with Gasteiger partial charge in [0.1, 0.15) is 17.3 Å². The molecule has 1 aliphatic rings. The third-order valence-corrected chi connectivity index (χ3v) is 5.77. The number of benzene rings is 3. The molecule has 0 bridgehead atoms. The molecule has 33 heavy (non-hydrogen) atoms. The molecule has 4 aromatic rings. The molecule has 1 aromatic heterocycles. The van der Waals surface area contributed by atoms with E-state index in [2.05, 4.69) is 0 Å². The van der Waals surface area contributed by atoms with Crippen LogP contribution in [0.4, 0.5) is 0 Å². The molecule has 0 fully saturated rings. The Bertz CT molecular complexity index is 1390. The SMILES string of the molecule is COc1cccc(-c2nc3n(c2-c2cccc(OC)c2)C(=O)c2c-3ccc(OC)c2OC)c1. The zero-order valence-electron chi connectivity index (χ0n) is 18.7. The Morgan fingerprint density at radius 3 is 2.06 bits per heavy atom. The molecule has 0 N–H and O–H groups in total. The minimum absolute atomic E-state index is 0.227. The lowest BCUT2D eigenvalue weighted by molar-refractivity contribution is 0.0967. The fourth-order valence-corrected chi connectivity index (χ4v) is 4.24. The van der Waals surface area contributed by atoms with Gasteiger partial charge in [-0.2, -0.15) is 0 Å². The van der Waals surface area contributed by atoms with Crippen LogP contribution in [-0.2, 0) is 0 Å². The average molecular weight is 442 g/mol. The molecular weight excluding hydrogens is 420 g/mol. The van der Waals surface area contributed by atoms with Crippen LogP contribution >= 0.6 is 0 Å². The van der Waals surface area contributed by atoms with Crippen LogP contribution in [0, 0.1) is 0 Å². The highest BCUT2D eigenvalue weighted by Gasteiger charge is 2.37. The third-order valence-electron chi connectivity index (χ3n) is 5.77. The molecule has 166 valence electrons. The maximum absolute atomic E-state index is 13.8. The van der Waals surface area contributed by atoms with Gasteiger partial charge in [-0.1, -0.05) is 24.3 Å². The van der Waals surface area contributed by atoms with E-state index in [-0.39, 0.29) is 5.91 Å². The number of aromatic nitrogens is 2. The summed E-state index contributed by atoms with van der Waals surface area (Å²) in [7, 11) is 6.30. The Balaban J connectivity index is 1.82. The molecule has 0 radical (unpaired) electrons. The van der Waals surface area contributed by atoms with Gasteiger partial charge in [0.2, 0.25) is 0 Å². The van der Waals surface area contributed by atoms with Crippen molar-refractivity contribution in [3.05, 3.63) is 66.2 Å². The van der Waals surface area contributed by atoms with Gasteiger partial charge in [0.25, 0.3) is 5.91 Å². The first-order valence-corrected chi connectivity index (χ1v) is 10.3. The van der Waals surface area contributed by atoms with Crippen molar-refractivity contribution in [1.29, 1.82) is 0 Å². The van der Waals surface area contributed by atoms with Crippen molar-refractivity contribution in [2.75, 3.05) is 28.4 Å². The Morgan fingerprint density at radius 1 is 0.758 bits per heavy atom. The molecule has 1 aliphatic heterocycles. The van der Waals surface area contributed by atoms with Gasteiger partial charge >= 0.3 is 0 Å². The highest BCUT2D eigenvalue weighted by atomic mass is 16.5. The van der Waals surface area contributed by atoms with E-state index in [4.69, 9.17) is 23.9 Å². The summed E-state index contributed by atoms with van der Waals surface area (Å²) in [6.45, 7) is 0. The molecule has 5 rings (SSSR count). The molecule has 7 heteroatoms. The number of ether oxygens (including phenoxy) is 4. The van der Waals surface area contributed by atoms with Crippen molar-refractivity contribution in [2.45, 2.75) is 0 Å². The average Bonchev–Trinajstić information content (AvgIpc) is 3.39. The van der Waals surface area contributed by atoms with Gasteiger partial charge in [0.05, 0.1) is 45.4 Å².